The molecule has 2 atom stereocenters. The summed E-state index contributed by atoms with van der Waals surface area (Å²) in [6, 6.07) is 7.11. The fraction of sp³-hybridized carbons (Fsp3) is 0.625. The highest BCUT2D eigenvalue weighted by Gasteiger charge is 2.28. The number of ether oxygens (including phenoxy) is 1. The van der Waals surface area contributed by atoms with Crippen LogP contribution in [0.25, 0.3) is 0 Å². The SMILES string of the molecule is COCC1CCN(C(CN)c2cc(C)cc(C)c2)C1. The molecule has 0 aliphatic carbocycles. The third-order valence-electron chi connectivity index (χ3n) is 4.01. The topological polar surface area (TPSA) is 38.5 Å². The molecule has 1 aliphatic rings. The zero-order chi connectivity index (χ0) is 13.8. The van der Waals surface area contributed by atoms with Crippen LogP contribution >= 0.6 is 0 Å². The number of hydrogen-bond acceptors (Lipinski definition) is 3. The fourth-order valence-corrected chi connectivity index (χ4v) is 3.22. The monoisotopic (exact) mass is 262 g/mol. The number of hydrogen-bond donors (Lipinski definition) is 1. The van der Waals surface area contributed by atoms with Gasteiger partial charge < -0.3 is 10.5 Å². The molecule has 0 radical (unpaired) electrons. The van der Waals surface area contributed by atoms with Crippen molar-refractivity contribution < 1.29 is 4.74 Å². The molecule has 0 spiro atoms. The Morgan fingerprint density at radius 2 is 2.00 bits per heavy atom. The summed E-state index contributed by atoms with van der Waals surface area (Å²) in [5.74, 6) is 0.657. The van der Waals surface area contributed by atoms with E-state index in [1.165, 1.54) is 23.1 Å². The van der Waals surface area contributed by atoms with Gasteiger partial charge in [0, 0.05) is 26.2 Å². The van der Waals surface area contributed by atoms with E-state index in [4.69, 9.17) is 10.5 Å². The lowest BCUT2D eigenvalue weighted by Gasteiger charge is -2.27. The lowest BCUT2D eigenvalue weighted by molar-refractivity contribution is 0.147. The number of rotatable bonds is 5. The van der Waals surface area contributed by atoms with Crippen molar-refractivity contribution in [2.45, 2.75) is 26.3 Å². The van der Waals surface area contributed by atoms with Gasteiger partial charge in [0.05, 0.1) is 6.61 Å². The molecule has 1 aliphatic heterocycles. The van der Waals surface area contributed by atoms with Crippen molar-refractivity contribution in [1.82, 2.24) is 4.90 Å². The Morgan fingerprint density at radius 1 is 1.32 bits per heavy atom. The van der Waals surface area contributed by atoms with E-state index in [1.807, 2.05) is 0 Å². The van der Waals surface area contributed by atoms with E-state index < -0.39 is 0 Å². The van der Waals surface area contributed by atoms with Crippen LogP contribution in [0.2, 0.25) is 0 Å². The number of aryl methyl sites for hydroxylation is 2. The van der Waals surface area contributed by atoms with Crippen molar-refractivity contribution in [3.05, 3.63) is 34.9 Å². The third kappa shape index (κ3) is 3.56. The Balaban J connectivity index is 2.12. The van der Waals surface area contributed by atoms with E-state index in [-0.39, 0.29) is 0 Å². The first-order chi connectivity index (χ1) is 9.13. The van der Waals surface area contributed by atoms with E-state index in [9.17, 15) is 0 Å². The highest BCUT2D eigenvalue weighted by molar-refractivity contribution is 5.31. The lowest BCUT2D eigenvalue weighted by Crippen LogP contribution is -2.32. The van der Waals surface area contributed by atoms with Crippen LogP contribution in [0, 0.1) is 19.8 Å². The van der Waals surface area contributed by atoms with Gasteiger partial charge in [0.2, 0.25) is 0 Å². The minimum Gasteiger partial charge on any atom is -0.384 e. The van der Waals surface area contributed by atoms with Crippen LogP contribution in [0.1, 0.15) is 29.2 Å². The van der Waals surface area contributed by atoms with E-state index >= 15 is 0 Å². The van der Waals surface area contributed by atoms with Gasteiger partial charge in [-0.2, -0.15) is 0 Å². The first-order valence-electron chi connectivity index (χ1n) is 7.15. The van der Waals surface area contributed by atoms with Crippen molar-refractivity contribution >= 4 is 0 Å². The van der Waals surface area contributed by atoms with Crippen molar-refractivity contribution in [2.24, 2.45) is 11.7 Å². The average molecular weight is 262 g/mol. The Kier molecular flexibility index (Phi) is 4.97. The predicted octanol–water partition coefficient (Wildman–Crippen LogP) is 2.27. The number of benzene rings is 1. The van der Waals surface area contributed by atoms with Gasteiger partial charge in [0.1, 0.15) is 0 Å². The van der Waals surface area contributed by atoms with Gasteiger partial charge >= 0.3 is 0 Å². The number of likely N-dealkylation sites (tertiary alicyclic amines) is 1. The molecule has 0 saturated carbocycles. The smallest absolute Gasteiger partial charge is 0.0503 e. The molecule has 2 unspecified atom stereocenters. The molecule has 19 heavy (non-hydrogen) atoms. The standard InChI is InChI=1S/C16H26N2O/c1-12-6-13(2)8-15(7-12)16(9-17)18-5-4-14(10-18)11-19-3/h6-8,14,16H,4-5,9-11,17H2,1-3H3. The summed E-state index contributed by atoms with van der Waals surface area (Å²) in [7, 11) is 1.78. The fourth-order valence-electron chi connectivity index (χ4n) is 3.22. The van der Waals surface area contributed by atoms with E-state index in [2.05, 4.69) is 36.9 Å². The summed E-state index contributed by atoms with van der Waals surface area (Å²) in [4.78, 5) is 2.51. The maximum Gasteiger partial charge on any atom is 0.0503 e. The average Bonchev–Trinajstić information content (AvgIpc) is 2.78. The molecule has 1 heterocycles. The normalized spacial score (nSPS) is 21.8. The maximum atomic E-state index is 6.03. The number of nitrogens with zero attached hydrogens (tertiary/aromatic N) is 1. The minimum atomic E-state index is 0.348. The zero-order valence-corrected chi connectivity index (χ0v) is 12.4. The summed E-state index contributed by atoms with van der Waals surface area (Å²) in [6.07, 6.45) is 1.22. The van der Waals surface area contributed by atoms with Gasteiger partial charge in [0.25, 0.3) is 0 Å². The van der Waals surface area contributed by atoms with Crippen LogP contribution in [0.3, 0.4) is 0 Å². The molecule has 1 aromatic carbocycles. The van der Waals surface area contributed by atoms with Gasteiger partial charge in [-0.15, -0.1) is 0 Å². The predicted molar refractivity (Wildman–Crippen MR) is 79.3 cm³/mol. The minimum absolute atomic E-state index is 0.348. The van der Waals surface area contributed by atoms with Gasteiger partial charge in [-0.05, 0) is 38.3 Å². The Labute approximate surface area is 116 Å². The van der Waals surface area contributed by atoms with Crippen molar-refractivity contribution in [3.63, 3.8) is 0 Å². The van der Waals surface area contributed by atoms with Crippen LogP contribution in [0.5, 0.6) is 0 Å². The summed E-state index contributed by atoms with van der Waals surface area (Å²) >= 11 is 0. The quantitative estimate of drug-likeness (QED) is 0.884. The summed E-state index contributed by atoms with van der Waals surface area (Å²) in [6.45, 7) is 8.08. The molecule has 3 nitrogen and oxygen atoms in total. The van der Waals surface area contributed by atoms with Gasteiger partial charge in [-0.1, -0.05) is 29.3 Å². The molecular formula is C16H26N2O. The Morgan fingerprint density at radius 3 is 2.58 bits per heavy atom. The summed E-state index contributed by atoms with van der Waals surface area (Å²) < 4.78 is 5.27. The van der Waals surface area contributed by atoms with E-state index in [1.54, 1.807) is 7.11 Å². The van der Waals surface area contributed by atoms with Crippen molar-refractivity contribution in [1.29, 1.82) is 0 Å². The van der Waals surface area contributed by atoms with Gasteiger partial charge in [-0.25, -0.2) is 0 Å². The van der Waals surface area contributed by atoms with Gasteiger partial charge in [-0.3, -0.25) is 4.90 Å². The van der Waals surface area contributed by atoms with Crippen LogP contribution in [-0.2, 0) is 4.74 Å². The zero-order valence-electron chi connectivity index (χ0n) is 12.4. The number of nitrogens with two attached hydrogens (primary N) is 1. The van der Waals surface area contributed by atoms with Crippen LogP contribution in [-0.4, -0.2) is 38.3 Å². The molecular weight excluding hydrogens is 236 g/mol. The molecule has 0 amide bonds. The number of methoxy groups -OCH3 is 1. The molecule has 1 aromatic rings. The van der Waals surface area contributed by atoms with Crippen LogP contribution in [0.15, 0.2) is 18.2 Å². The highest BCUT2D eigenvalue weighted by Crippen LogP contribution is 2.28. The van der Waals surface area contributed by atoms with Crippen molar-refractivity contribution in [3.8, 4) is 0 Å². The molecule has 3 heteroatoms. The largest absolute Gasteiger partial charge is 0.384 e. The Bertz CT molecular complexity index is 399. The summed E-state index contributed by atoms with van der Waals surface area (Å²) in [5.41, 5.74) is 10.0. The second-order valence-electron chi connectivity index (χ2n) is 5.78. The van der Waals surface area contributed by atoms with Crippen LogP contribution in [0.4, 0.5) is 0 Å². The van der Waals surface area contributed by atoms with E-state index in [0.29, 0.717) is 18.5 Å². The molecule has 0 bridgehead atoms. The molecule has 2 rings (SSSR count). The first kappa shape index (κ1) is 14.5. The molecule has 106 valence electrons. The molecule has 0 aromatic heterocycles. The second-order valence-corrected chi connectivity index (χ2v) is 5.78. The van der Waals surface area contributed by atoms with Crippen molar-refractivity contribution in [2.75, 3.05) is 33.4 Å². The molecule has 1 saturated heterocycles. The van der Waals surface area contributed by atoms with E-state index in [0.717, 1.165) is 19.7 Å². The molecule has 2 N–H and O–H groups in total. The lowest BCUT2D eigenvalue weighted by atomic mass is 10.0. The Hall–Kier alpha value is -0.900. The third-order valence-corrected chi connectivity index (χ3v) is 4.01. The molecule has 1 fully saturated rings. The summed E-state index contributed by atoms with van der Waals surface area (Å²) in [5, 5.41) is 0. The maximum absolute atomic E-state index is 6.03. The first-order valence-corrected chi connectivity index (χ1v) is 7.15. The van der Waals surface area contributed by atoms with Crippen LogP contribution < -0.4 is 5.73 Å². The highest BCUT2D eigenvalue weighted by atomic mass is 16.5. The van der Waals surface area contributed by atoms with Gasteiger partial charge in [0.15, 0.2) is 0 Å². The second kappa shape index (κ2) is 6.51.